The molecule has 0 saturated carbocycles. The van der Waals surface area contributed by atoms with Crippen LogP contribution in [-0.4, -0.2) is 58.0 Å². The quantitative estimate of drug-likeness (QED) is 0.234. The number of aromatic nitrogens is 4. The Balaban J connectivity index is 0.000000160. The lowest BCUT2D eigenvalue weighted by Gasteiger charge is -2.29. The molecule has 4 aromatic heterocycles. The molecular weight excluding hydrogens is 474 g/mol. The predicted molar refractivity (Wildman–Crippen MR) is 138 cm³/mol. The van der Waals surface area contributed by atoms with Crippen molar-refractivity contribution in [2.45, 2.75) is 23.5 Å². The minimum Gasteiger partial charge on any atom is -0.365 e. The van der Waals surface area contributed by atoms with Gasteiger partial charge in [0.05, 0.1) is 21.3 Å². The normalized spacial score (nSPS) is 14.6. The Bertz CT molecular complexity index is 1110. The number of likely N-dealkylation sites (tertiary alicyclic amines) is 1. The zero-order chi connectivity index (χ0) is 22.9. The minimum atomic E-state index is 0.301. The Morgan fingerprint density at radius 2 is 2.21 bits per heavy atom. The van der Waals surface area contributed by atoms with Crippen LogP contribution in [0.3, 0.4) is 0 Å². The van der Waals surface area contributed by atoms with Gasteiger partial charge in [-0.3, -0.25) is 5.10 Å². The van der Waals surface area contributed by atoms with Crippen LogP contribution in [-0.2, 0) is 11.2 Å². The van der Waals surface area contributed by atoms with Crippen LogP contribution in [0.1, 0.15) is 18.4 Å². The van der Waals surface area contributed by atoms with Crippen LogP contribution in [0.2, 0.25) is 0 Å². The Labute approximate surface area is 205 Å². The molecule has 0 radical (unpaired) electrons. The van der Waals surface area contributed by atoms with E-state index in [9.17, 15) is 4.79 Å². The van der Waals surface area contributed by atoms with Gasteiger partial charge in [0.2, 0.25) is 0 Å². The number of anilines is 2. The first-order valence-corrected chi connectivity index (χ1v) is 13.3. The van der Waals surface area contributed by atoms with E-state index in [4.69, 9.17) is 0 Å². The van der Waals surface area contributed by atoms with Crippen LogP contribution in [0.25, 0.3) is 10.2 Å². The molecule has 1 aliphatic rings. The number of rotatable bonds is 8. The number of H-pyrrole nitrogens is 1. The molecule has 0 amide bonds. The van der Waals surface area contributed by atoms with Crippen molar-refractivity contribution in [1.82, 2.24) is 25.1 Å². The zero-order valence-corrected chi connectivity index (χ0v) is 20.8. The van der Waals surface area contributed by atoms with E-state index in [0.717, 1.165) is 66.3 Å². The number of aldehydes is 1. The average Bonchev–Trinajstić information content (AvgIpc) is 3.63. The fourth-order valence-corrected chi connectivity index (χ4v) is 5.66. The van der Waals surface area contributed by atoms with Gasteiger partial charge >= 0.3 is 0 Å². The SMILES string of the molecule is CNc1nc2cnc(NSc3cccs3)cc2s1.O=CC1CCN(CCc2cn[nH]c2)CC1. The van der Waals surface area contributed by atoms with Crippen LogP contribution in [0, 0.1) is 5.92 Å². The van der Waals surface area contributed by atoms with Crippen molar-refractivity contribution in [1.29, 1.82) is 0 Å². The number of fused-ring (bicyclic) bond motifs is 1. The van der Waals surface area contributed by atoms with Crippen molar-refractivity contribution < 1.29 is 4.79 Å². The summed E-state index contributed by atoms with van der Waals surface area (Å²) >= 11 is 4.91. The second-order valence-corrected chi connectivity index (χ2v) is 10.7. The second kappa shape index (κ2) is 12.1. The fraction of sp³-hybridized carbons (Fsp3) is 0.364. The third-order valence-electron chi connectivity index (χ3n) is 5.34. The number of nitrogens with zero attached hydrogens (tertiary/aromatic N) is 4. The summed E-state index contributed by atoms with van der Waals surface area (Å²) in [7, 11) is 1.87. The van der Waals surface area contributed by atoms with Crippen LogP contribution < -0.4 is 10.0 Å². The third kappa shape index (κ3) is 7.00. The molecule has 8 nitrogen and oxygen atoms in total. The lowest BCUT2D eigenvalue weighted by atomic mass is 9.98. The fourth-order valence-electron chi connectivity index (χ4n) is 3.43. The average molecular weight is 502 g/mol. The Kier molecular flexibility index (Phi) is 8.70. The van der Waals surface area contributed by atoms with Crippen molar-refractivity contribution in [2.75, 3.05) is 36.7 Å². The number of hydrogen-bond acceptors (Lipinski definition) is 10. The molecule has 33 heavy (non-hydrogen) atoms. The van der Waals surface area contributed by atoms with E-state index in [2.05, 4.69) is 46.6 Å². The molecule has 11 heteroatoms. The van der Waals surface area contributed by atoms with Crippen LogP contribution in [0.15, 0.2) is 46.4 Å². The van der Waals surface area contributed by atoms with Crippen LogP contribution in [0.4, 0.5) is 10.9 Å². The number of thiophene rings is 1. The van der Waals surface area contributed by atoms with Crippen molar-refractivity contribution >= 4 is 62.1 Å². The highest BCUT2D eigenvalue weighted by Gasteiger charge is 2.17. The van der Waals surface area contributed by atoms with E-state index >= 15 is 0 Å². The highest BCUT2D eigenvalue weighted by Crippen LogP contribution is 2.29. The lowest BCUT2D eigenvalue weighted by Crippen LogP contribution is -2.35. The van der Waals surface area contributed by atoms with Gasteiger partial charge in [-0.15, -0.1) is 11.3 Å². The van der Waals surface area contributed by atoms with E-state index in [1.165, 1.54) is 9.77 Å². The number of carbonyl (C=O) groups is 1. The van der Waals surface area contributed by atoms with E-state index in [1.54, 1.807) is 40.8 Å². The van der Waals surface area contributed by atoms with E-state index in [0.29, 0.717) is 5.92 Å². The standard InChI is InChI=1S/C11H10N4S3.C11H17N3O/c1-12-11-14-7-6-13-9(5-8(7)17-11)15-18-10-3-2-4-16-10;15-9-10-1-4-14(5-2-10)6-3-11-7-12-13-8-11/h2-6H,1H3,(H,12,14)(H,13,15);7-10H,1-6H2,(H,12,13). The molecule has 0 unspecified atom stereocenters. The molecule has 0 spiro atoms. The molecule has 1 saturated heterocycles. The van der Waals surface area contributed by atoms with Gasteiger partial charge in [0.15, 0.2) is 5.13 Å². The predicted octanol–water partition coefficient (Wildman–Crippen LogP) is 4.78. The number of piperidine rings is 1. The van der Waals surface area contributed by atoms with Crippen molar-refractivity contribution in [3.05, 3.63) is 47.7 Å². The highest BCUT2D eigenvalue weighted by atomic mass is 32.2. The molecule has 174 valence electrons. The molecule has 5 heterocycles. The Morgan fingerprint density at radius 1 is 1.33 bits per heavy atom. The summed E-state index contributed by atoms with van der Waals surface area (Å²) < 4.78 is 5.59. The number of carbonyl (C=O) groups excluding carboxylic acids is 1. The van der Waals surface area contributed by atoms with E-state index in [-0.39, 0.29) is 0 Å². The molecule has 0 aromatic carbocycles. The van der Waals surface area contributed by atoms with Gasteiger partial charge in [0, 0.05) is 31.8 Å². The van der Waals surface area contributed by atoms with E-state index in [1.807, 2.05) is 31.6 Å². The Morgan fingerprint density at radius 3 is 2.91 bits per heavy atom. The monoisotopic (exact) mass is 501 g/mol. The number of nitrogens with one attached hydrogen (secondary N) is 3. The van der Waals surface area contributed by atoms with Gasteiger partial charge in [-0.05, 0) is 61.3 Å². The molecule has 1 aliphatic heterocycles. The highest BCUT2D eigenvalue weighted by molar-refractivity contribution is 8.02. The smallest absolute Gasteiger partial charge is 0.183 e. The number of thiazole rings is 1. The molecule has 0 bridgehead atoms. The van der Waals surface area contributed by atoms with Crippen LogP contribution >= 0.6 is 34.6 Å². The maximum Gasteiger partial charge on any atom is 0.183 e. The summed E-state index contributed by atoms with van der Waals surface area (Å²) in [6, 6.07) is 6.13. The first-order chi connectivity index (χ1) is 16.2. The minimum absolute atomic E-state index is 0.301. The molecule has 1 fully saturated rings. The summed E-state index contributed by atoms with van der Waals surface area (Å²) in [6.07, 6.45) is 9.81. The summed E-state index contributed by atoms with van der Waals surface area (Å²) in [5, 5.41) is 12.8. The number of pyridine rings is 1. The van der Waals surface area contributed by atoms with Gasteiger partial charge in [0.1, 0.15) is 17.6 Å². The molecule has 4 aromatic rings. The molecule has 0 aliphatic carbocycles. The van der Waals surface area contributed by atoms with Crippen molar-refractivity contribution in [3.8, 4) is 0 Å². The second-order valence-electron chi connectivity index (χ2n) is 7.61. The molecule has 3 N–H and O–H groups in total. The summed E-state index contributed by atoms with van der Waals surface area (Å²) in [5.74, 6) is 1.15. The first-order valence-electron chi connectivity index (χ1n) is 10.8. The van der Waals surface area contributed by atoms with Crippen molar-refractivity contribution in [2.24, 2.45) is 5.92 Å². The van der Waals surface area contributed by atoms with Gasteiger partial charge in [-0.25, -0.2) is 9.97 Å². The number of hydrogen-bond donors (Lipinski definition) is 3. The first kappa shape index (κ1) is 23.7. The number of aromatic amines is 1. The summed E-state index contributed by atoms with van der Waals surface area (Å²) in [4.78, 5) is 21.7. The molecular formula is C22H27N7OS3. The largest absolute Gasteiger partial charge is 0.365 e. The van der Waals surface area contributed by atoms with Gasteiger partial charge in [-0.1, -0.05) is 17.4 Å². The van der Waals surface area contributed by atoms with E-state index < -0.39 is 0 Å². The zero-order valence-electron chi connectivity index (χ0n) is 18.4. The maximum atomic E-state index is 10.6. The third-order valence-corrected chi connectivity index (χ3v) is 8.22. The maximum absolute atomic E-state index is 10.6. The topological polar surface area (TPSA) is 98.8 Å². The van der Waals surface area contributed by atoms with Crippen molar-refractivity contribution in [3.63, 3.8) is 0 Å². The lowest BCUT2D eigenvalue weighted by molar-refractivity contribution is -0.112. The summed E-state index contributed by atoms with van der Waals surface area (Å²) in [5.41, 5.74) is 2.18. The molecule has 5 rings (SSSR count). The van der Waals surface area contributed by atoms with Gasteiger partial charge < -0.3 is 19.7 Å². The van der Waals surface area contributed by atoms with Crippen LogP contribution in [0.5, 0.6) is 0 Å². The van der Waals surface area contributed by atoms with Gasteiger partial charge in [-0.2, -0.15) is 5.10 Å². The summed E-state index contributed by atoms with van der Waals surface area (Å²) in [6.45, 7) is 3.19. The molecule has 0 atom stereocenters. The van der Waals surface area contributed by atoms with Gasteiger partial charge in [0.25, 0.3) is 0 Å². The Hall–Kier alpha value is -2.47.